The van der Waals surface area contributed by atoms with Gasteiger partial charge in [0.1, 0.15) is 18.2 Å². The highest BCUT2D eigenvalue weighted by molar-refractivity contribution is 6.33. The molecule has 2 aromatic carbocycles. The van der Waals surface area contributed by atoms with Crippen LogP contribution in [0, 0.1) is 5.82 Å². The van der Waals surface area contributed by atoms with Crippen molar-refractivity contribution >= 4 is 17.3 Å². The van der Waals surface area contributed by atoms with E-state index in [0.29, 0.717) is 17.3 Å². The molecule has 1 saturated heterocycles. The van der Waals surface area contributed by atoms with E-state index < -0.39 is 6.10 Å². The zero-order chi connectivity index (χ0) is 19.2. The number of nitrogens with zero attached hydrogens (tertiary/aromatic N) is 2. The Morgan fingerprint density at radius 3 is 2.41 bits per heavy atom. The summed E-state index contributed by atoms with van der Waals surface area (Å²) in [6.07, 6.45) is -0.635. The summed E-state index contributed by atoms with van der Waals surface area (Å²) in [5.74, 6) is 0.336. The van der Waals surface area contributed by atoms with Gasteiger partial charge in [-0.2, -0.15) is 0 Å². The molecular formula is C20H24ClFN2O3. The minimum absolute atomic E-state index is 0.0366. The fraction of sp³-hybridized carbons (Fsp3) is 0.400. The highest BCUT2D eigenvalue weighted by Crippen LogP contribution is 2.30. The van der Waals surface area contributed by atoms with Crippen LogP contribution >= 0.6 is 11.6 Å². The van der Waals surface area contributed by atoms with Crippen LogP contribution in [0.15, 0.2) is 42.5 Å². The zero-order valence-electron chi connectivity index (χ0n) is 15.0. The van der Waals surface area contributed by atoms with Gasteiger partial charge < -0.3 is 19.8 Å². The molecule has 1 aliphatic heterocycles. The molecule has 2 N–H and O–H groups in total. The van der Waals surface area contributed by atoms with E-state index in [1.807, 2.05) is 12.1 Å². The van der Waals surface area contributed by atoms with Crippen molar-refractivity contribution in [2.45, 2.75) is 6.10 Å². The topological polar surface area (TPSA) is 56.2 Å². The summed E-state index contributed by atoms with van der Waals surface area (Å²) in [6.45, 7) is 3.92. The molecule has 0 amide bonds. The van der Waals surface area contributed by atoms with Crippen molar-refractivity contribution in [3.8, 4) is 5.75 Å². The molecule has 1 unspecified atom stereocenters. The second-order valence-corrected chi connectivity index (χ2v) is 6.95. The van der Waals surface area contributed by atoms with Crippen LogP contribution in [0.2, 0.25) is 5.02 Å². The van der Waals surface area contributed by atoms with E-state index >= 15 is 0 Å². The lowest BCUT2D eigenvalue weighted by Crippen LogP contribution is -2.47. The van der Waals surface area contributed by atoms with Gasteiger partial charge in [-0.3, -0.25) is 4.90 Å². The zero-order valence-corrected chi connectivity index (χ0v) is 15.8. The Hall–Kier alpha value is -1.86. The Morgan fingerprint density at radius 1 is 1.07 bits per heavy atom. The van der Waals surface area contributed by atoms with E-state index in [4.69, 9.17) is 21.4 Å². The monoisotopic (exact) mass is 394 g/mol. The smallest absolute Gasteiger partial charge is 0.123 e. The highest BCUT2D eigenvalue weighted by atomic mass is 35.5. The second kappa shape index (κ2) is 9.37. The van der Waals surface area contributed by atoms with Gasteiger partial charge in [0.25, 0.3) is 0 Å². The molecule has 27 heavy (non-hydrogen) atoms. The van der Waals surface area contributed by atoms with Crippen LogP contribution in [0.1, 0.15) is 11.7 Å². The Balaban J connectivity index is 1.53. The van der Waals surface area contributed by atoms with Crippen LogP contribution in [0.5, 0.6) is 5.75 Å². The first-order valence-electron chi connectivity index (χ1n) is 9.01. The molecule has 2 aromatic rings. The summed E-state index contributed by atoms with van der Waals surface area (Å²) < 4.78 is 18.4. The number of benzene rings is 2. The summed E-state index contributed by atoms with van der Waals surface area (Å²) in [6, 6.07) is 11.5. The molecule has 0 saturated carbocycles. The largest absolute Gasteiger partial charge is 0.491 e. The Kier molecular flexibility index (Phi) is 6.90. The van der Waals surface area contributed by atoms with Crippen molar-refractivity contribution in [1.29, 1.82) is 0 Å². The first kappa shape index (κ1) is 19.9. The Bertz CT molecular complexity index is 737. The van der Waals surface area contributed by atoms with E-state index in [1.165, 1.54) is 12.1 Å². The van der Waals surface area contributed by atoms with Crippen LogP contribution in [-0.4, -0.2) is 61.1 Å². The predicted molar refractivity (Wildman–Crippen MR) is 104 cm³/mol. The summed E-state index contributed by atoms with van der Waals surface area (Å²) in [5, 5.41) is 19.8. The SMILES string of the molecule is OCCOc1ccc(N2CCN(CC(O)c3ccc(F)cc3)CC2)c(Cl)c1. The number of halogens is 2. The number of aliphatic hydroxyl groups excluding tert-OH is 2. The molecule has 1 heterocycles. The lowest BCUT2D eigenvalue weighted by Gasteiger charge is -2.37. The summed E-state index contributed by atoms with van der Waals surface area (Å²) in [7, 11) is 0. The number of aliphatic hydroxyl groups is 2. The second-order valence-electron chi connectivity index (χ2n) is 6.54. The first-order valence-corrected chi connectivity index (χ1v) is 9.38. The predicted octanol–water partition coefficient (Wildman–Crippen LogP) is 2.71. The van der Waals surface area contributed by atoms with Gasteiger partial charge in [-0.05, 0) is 29.8 Å². The molecule has 0 aliphatic carbocycles. The van der Waals surface area contributed by atoms with Crippen molar-refractivity contribution in [1.82, 2.24) is 4.90 Å². The third-order valence-electron chi connectivity index (χ3n) is 4.68. The van der Waals surface area contributed by atoms with Gasteiger partial charge in [0.15, 0.2) is 0 Å². The number of hydrogen-bond acceptors (Lipinski definition) is 5. The van der Waals surface area contributed by atoms with E-state index in [2.05, 4.69) is 9.80 Å². The minimum atomic E-state index is -0.635. The van der Waals surface area contributed by atoms with Gasteiger partial charge in [0.2, 0.25) is 0 Å². The number of ether oxygens (including phenoxy) is 1. The molecule has 0 radical (unpaired) electrons. The molecule has 0 spiro atoms. The van der Waals surface area contributed by atoms with Crippen LogP contribution in [0.25, 0.3) is 0 Å². The molecule has 5 nitrogen and oxygen atoms in total. The Labute approximate surface area is 163 Å². The normalized spacial score (nSPS) is 16.4. The Morgan fingerprint density at radius 2 is 1.78 bits per heavy atom. The highest BCUT2D eigenvalue weighted by Gasteiger charge is 2.21. The van der Waals surface area contributed by atoms with Crippen molar-refractivity contribution < 1.29 is 19.3 Å². The lowest BCUT2D eigenvalue weighted by atomic mass is 10.1. The fourth-order valence-corrected chi connectivity index (χ4v) is 3.49. The van der Waals surface area contributed by atoms with Crippen LogP contribution in [-0.2, 0) is 0 Å². The van der Waals surface area contributed by atoms with Crippen molar-refractivity contribution in [2.24, 2.45) is 0 Å². The molecule has 0 bridgehead atoms. The van der Waals surface area contributed by atoms with Gasteiger partial charge in [-0.25, -0.2) is 4.39 Å². The number of rotatable bonds is 7. The van der Waals surface area contributed by atoms with E-state index in [1.54, 1.807) is 18.2 Å². The van der Waals surface area contributed by atoms with Crippen LogP contribution < -0.4 is 9.64 Å². The molecule has 1 fully saturated rings. The summed E-state index contributed by atoms with van der Waals surface area (Å²) in [5.41, 5.74) is 1.67. The third kappa shape index (κ3) is 5.32. The maximum Gasteiger partial charge on any atom is 0.123 e. The fourth-order valence-electron chi connectivity index (χ4n) is 3.20. The van der Waals surface area contributed by atoms with Gasteiger partial charge in [0.05, 0.1) is 23.4 Å². The quantitative estimate of drug-likeness (QED) is 0.756. The number of hydrogen-bond donors (Lipinski definition) is 2. The van der Waals surface area contributed by atoms with Crippen molar-refractivity contribution in [3.05, 3.63) is 58.9 Å². The maximum absolute atomic E-state index is 13.0. The average molecular weight is 395 g/mol. The molecule has 1 atom stereocenters. The molecule has 7 heteroatoms. The van der Waals surface area contributed by atoms with Crippen molar-refractivity contribution in [3.63, 3.8) is 0 Å². The van der Waals surface area contributed by atoms with E-state index in [-0.39, 0.29) is 19.0 Å². The summed E-state index contributed by atoms with van der Waals surface area (Å²) in [4.78, 5) is 4.40. The molecule has 3 rings (SSSR count). The van der Waals surface area contributed by atoms with Gasteiger partial charge >= 0.3 is 0 Å². The van der Waals surface area contributed by atoms with Gasteiger partial charge in [-0.15, -0.1) is 0 Å². The number of piperazine rings is 1. The van der Waals surface area contributed by atoms with Crippen LogP contribution in [0.3, 0.4) is 0 Å². The average Bonchev–Trinajstić information content (AvgIpc) is 2.68. The van der Waals surface area contributed by atoms with Gasteiger partial charge in [-0.1, -0.05) is 23.7 Å². The third-order valence-corrected chi connectivity index (χ3v) is 4.98. The van der Waals surface area contributed by atoms with E-state index in [0.717, 1.165) is 37.4 Å². The van der Waals surface area contributed by atoms with Crippen molar-refractivity contribution in [2.75, 3.05) is 50.8 Å². The molecule has 0 aromatic heterocycles. The standard InChI is InChI=1S/C20H24ClFN2O3/c21-18-13-17(27-12-11-25)5-6-19(18)24-9-7-23(8-10-24)14-20(26)15-1-3-16(22)4-2-15/h1-6,13,20,25-26H,7-12,14H2. The minimum Gasteiger partial charge on any atom is -0.491 e. The molecule has 1 aliphatic rings. The summed E-state index contributed by atoms with van der Waals surface area (Å²) >= 11 is 6.39. The van der Waals surface area contributed by atoms with Crippen LogP contribution in [0.4, 0.5) is 10.1 Å². The molecule has 146 valence electrons. The number of β-amino-alcohol motifs (C(OH)–C–C–N with tert-alkyl or cyclic N) is 1. The maximum atomic E-state index is 13.0. The number of anilines is 1. The van der Waals surface area contributed by atoms with Gasteiger partial charge in [0, 0.05) is 38.8 Å². The lowest BCUT2D eigenvalue weighted by molar-refractivity contribution is 0.109. The first-order chi connectivity index (χ1) is 13.1. The molecular weight excluding hydrogens is 371 g/mol. The van der Waals surface area contributed by atoms with E-state index in [9.17, 15) is 9.50 Å².